The number of ether oxygens (including phenoxy) is 2. The zero-order valence-corrected chi connectivity index (χ0v) is 18.9. The molecule has 0 spiro atoms. The molecule has 5 aromatic rings. The van der Waals surface area contributed by atoms with Crippen molar-refractivity contribution in [2.75, 3.05) is 0 Å². The topological polar surface area (TPSA) is 91.3 Å². The highest BCUT2D eigenvalue weighted by Crippen LogP contribution is 2.30. The highest BCUT2D eigenvalue weighted by Gasteiger charge is 2.11. The molecule has 0 aromatic carbocycles. The number of carbonyl (C=O) groups excluding carboxylic acids is 2. The first-order valence-electron chi connectivity index (χ1n) is 9.86. The molecule has 5 heterocycles. The molecule has 0 unspecified atom stereocenters. The SMILES string of the molecule is O=COc1ccnc(-c2cc(OC=O)cc(-c3cc(C#Cc4cc5sccc5s4)ccn3)n2)c1. The van der Waals surface area contributed by atoms with Crippen molar-refractivity contribution in [1.29, 1.82) is 0 Å². The minimum Gasteiger partial charge on any atom is -0.429 e. The Hall–Kier alpha value is -4.39. The Bertz CT molecular complexity index is 1550. The van der Waals surface area contributed by atoms with Crippen molar-refractivity contribution in [2.24, 2.45) is 0 Å². The maximum atomic E-state index is 11.0. The molecule has 0 bridgehead atoms. The zero-order chi connectivity index (χ0) is 23.3. The maximum Gasteiger partial charge on any atom is 0.298 e. The lowest BCUT2D eigenvalue weighted by Gasteiger charge is -2.08. The second-order valence-electron chi connectivity index (χ2n) is 6.82. The lowest BCUT2D eigenvalue weighted by atomic mass is 10.1. The van der Waals surface area contributed by atoms with Gasteiger partial charge in [0.25, 0.3) is 12.9 Å². The van der Waals surface area contributed by atoms with Gasteiger partial charge in [-0.2, -0.15) is 0 Å². The first-order chi connectivity index (χ1) is 16.7. The summed E-state index contributed by atoms with van der Waals surface area (Å²) in [5.74, 6) is 6.97. The molecule has 9 heteroatoms. The minimum absolute atomic E-state index is 0.274. The molecule has 5 aromatic heterocycles. The molecule has 0 radical (unpaired) electrons. The van der Waals surface area contributed by atoms with E-state index in [0.717, 1.165) is 10.4 Å². The molecule has 5 rings (SSSR count). The van der Waals surface area contributed by atoms with Crippen LogP contribution in [0.15, 0.2) is 66.3 Å². The monoisotopic (exact) mass is 483 g/mol. The fraction of sp³-hybridized carbons (Fsp3) is 0. The van der Waals surface area contributed by atoms with Crippen LogP contribution in [-0.4, -0.2) is 27.9 Å². The molecule has 0 saturated heterocycles. The first-order valence-corrected chi connectivity index (χ1v) is 11.6. The molecule has 7 nitrogen and oxygen atoms in total. The highest BCUT2D eigenvalue weighted by atomic mass is 32.1. The largest absolute Gasteiger partial charge is 0.429 e. The van der Waals surface area contributed by atoms with E-state index in [1.165, 1.54) is 15.6 Å². The fourth-order valence-electron chi connectivity index (χ4n) is 3.18. The van der Waals surface area contributed by atoms with Gasteiger partial charge in [0.15, 0.2) is 0 Å². The third-order valence-electron chi connectivity index (χ3n) is 4.65. The molecule has 0 aliphatic carbocycles. The Labute approximate surface area is 201 Å². The average molecular weight is 484 g/mol. The van der Waals surface area contributed by atoms with Crippen LogP contribution in [0.25, 0.3) is 32.2 Å². The summed E-state index contributed by atoms with van der Waals surface area (Å²) in [6.45, 7) is 0.670. The summed E-state index contributed by atoms with van der Waals surface area (Å²) < 4.78 is 12.4. The van der Waals surface area contributed by atoms with Crippen molar-refractivity contribution in [3.8, 4) is 46.1 Å². The standard InChI is InChI=1S/C25H13N3O4S2/c29-14-31-17-4-7-27-21(10-17)23-12-18(32-15-30)11-22(28-23)20-9-16(3-6-26-20)1-2-19-13-25-24(34-19)5-8-33-25/h3-15H. The molecule has 164 valence electrons. The number of hydrogen-bond acceptors (Lipinski definition) is 9. The van der Waals surface area contributed by atoms with Gasteiger partial charge in [-0.05, 0) is 35.7 Å². The van der Waals surface area contributed by atoms with Crippen LogP contribution in [0, 0.1) is 11.8 Å². The number of aromatic nitrogens is 3. The predicted octanol–water partition coefficient (Wildman–Crippen LogP) is 4.95. The van der Waals surface area contributed by atoms with Gasteiger partial charge in [0.05, 0.1) is 27.7 Å². The Kier molecular flexibility index (Phi) is 6.07. The van der Waals surface area contributed by atoms with Crippen molar-refractivity contribution < 1.29 is 19.1 Å². The molecular weight excluding hydrogens is 470 g/mol. The number of thiophene rings is 2. The third-order valence-corrected chi connectivity index (χ3v) is 6.66. The van der Waals surface area contributed by atoms with E-state index in [9.17, 15) is 9.59 Å². The van der Waals surface area contributed by atoms with E-state index in [-0.39, 0.29) is 5.75 Å². The van der Waals surface area contributed by atoms with Crippen LogP contribution in [-0.2, 0) is 9.59 Å². The van der Waals surface area contributed by atoms with Crippen molar-refractivity contribution in [3.63, 3.8) is 0 Å². The van der Waals surface area contributed by atoms with Gasteiger partial charge in [-0.25, -0.2) is 4.98 Å². The van der Waals surface area contributed by atoms with Crippen molar-refractivity contribution in [2.45, 2.75) is 0 Å². The summed E-state index contributed by atoms with van der Waals surface area (Å²) in [5.41, 5.74) is 2.65. The fourth-order valence-corrected chi connectivity index (χ4v) is 5.14. The Balaban J connectivity index is 1.51. The van der Waals surface area contributed by atoms with Crippen LogP contribution in [0.4, 0.5) is 0 Å². The first kappa shape index (κ1) is 21.5. The molecule has 0 aliphatic heterocycles. The van der Waals surface area contributed by atoms with E-state index in [4.69, 9.17) is 9.47 Å². The van der Waals surface area contributed by atoms with Gasteiger partial charge in [0, 0.05) is 45.6 Å². The van der Waals surface area contributed by atoms with Crippen LogP contribution in [0.2, 0.25) is 0 Å². The zero-order valence-electron chi connectivity index (χ0n) is 17.3. The third kappa shape index (κ3) is 4.68. The summed E-state index contributed by atoms with van der Waals surface area (Å²) in [5, 5.41) is 2.07. The van der Waals surface area contributed by atoms with Crippen molar-refractivity contribution >= 4 is 45.0 Å². The van der Waals surface area contributed by atoms with E-state index >= 15 is 0 Å². The molecule has 0 atom stereocenters. The van der Waals surface area contributed by atoms with E-state index in [1.807, 2.05) is 12.1 Å². The Morgan fingerprint density at radius 1 is 0.735 bits per heavy atom. The van der Waals surface area contributed by atoms with Crippen LogP contribution in [0.1, 0.15) is 10.4 Å². The Morgan fingerprint density at radius 3 is 2.21 bits per heavy atom. The predicted molar refractivity (Wildman–Crippen MR) is 130 cm³/mol. The summed E-state index contributed by atoms with van der Waals surface area (Å²) in [4.78, 5) is 36.0. The van der Waals surface area contributed by atoms with E-state index in [1.54, 1.807) is 53.1 Å². The molecular formula is C25H13N3O4S2. The van der Waals surface area contributed by atoms with Crippen LogP contribution < -0.4 is 9.47 Å². The molecule has 0 saturated carbocycles. The lowest BCUT2D eigenvalue weighted by molar-refractivity contribution is -0.121. The average Bonchev–Trinajstić information content (AvgIpc) is 3.46. The van der Waals surface area contributed by atoms with E-state index in [0.29, 0.717) is 41.5 Å². The van der Waals surface area contributed by atoms with Gasteiger partial charge in [0.1, 0.15) is 11.5 Å². The number of pyridine rings is 3. The maximum absolute atomic E-state index is 11.0. The second kappa shape index (κ2) is 9.62. The molecule has 0 fully saturated rings. The van der Waals surface area contributed by atoms with Gasteiger partial charge in [-0.15, -0.1) is 22.7 Å². The summed E-state index contributed by atoms with van der Waals surface area (Å²) in [6.07, 6.45) is 3.14. The minimum atomic E-state index is 0.274. The van der Waals surface area contributed by atoms with Gasteiger partial charge >= 0.3 is 0 Å². The van der Waals surface area contributed by atoms with Gasteiger partial charge in [-0.1, -0.05) is 11.8 Å². The summed E-state index contributed by atoms with van der Waals surface area (Å²) in [7, 11) is 0. The van der Waals surface area contributed by atoms with Crippen LogP contribution >= 0.6 is 22.7 Å². The van der Waals surface area contributed by atoms with E-state index in [2.05, 4.69) is 44.3 Å². The number of fused-ring (bicyclic) bond motifs is 1. The smallest absolute Gasteiger partial charge is 0.298 e. The van der Waals surface area contributed by atoms with Gasteiger partial charge in [-0.3, -0.25) is 19.6 Å². The lowest BCUT2D eigenvalue weighted by Crippen LogP contribution is -1.97. The highest BCUT2D eigenvalue weighted by molar-refractivity contribution is 7.27. The number of rotatable bonds is 6. The van der Waals surface area contributed by atoms with Crippen molar-refractivity contribution in [1.82, 2.24) is 15.0 Å². The van der Waals surface area contributed by atoms with E-state index < -0.39 is 0 Å². The normalized spacial score (nSPS) is 10.4. The quantitative estimate of drug-likeness (QED) is 0.249. The molecule has 0 aliphatic rings. The molecule has 34 heavy (non-hydrogen) atoms. The van der Waals surface area contributed by atoms with Crippen molar-refractivity contribution in [3.05, 3.63) is 76.7 Å². The number of nitrogens with zero attached hydrogens (tertiary/aromatic N) is 3. The molecule has 0 amide bonds. The van der Waals surface area contributed by atoms with Gasteiger partial charge in [0.2, 0.25) is 0 Å². The second-order valence-corrected chi connectivity index (χ2v) is 8.85. The Morgan fingerprint density at radius 2 is 1.44 bits per heavy atom. The summed E-state index contributed by atoms with van der Waals surface area (Å²) in [6, 6.07) is 14.1. The van der Waals surface area contributed by atoms with Crippen LogP contribution in [0.5, 0.6) is 11.5 Å². The summed E-state index contributed by atoms with van der Waals surface area (Å²) >= 11 is 3.35. The van der Waals surface area contributed by atoms with Gasteiger partial charge < -0.3 is 9.47 Å². The molecule has 0 N–H and O–H groups in total. The number of hydrogen-bond donors (Lipinski definition) is 0. The number of carbonyl (C=O) groups is 2. The van der Waals surface area contributed by atoms with Crippen LogP contribution in [0.3, 0.4) is 0 Å².